The lowest BCUT2D eigenvalue weighted by atomic mass is 10.0. The molecule has 3 heterocycles. The lowest BCUT2D eigenvalue weighted by Crippen LogP contribution is -2.33. The smallest absolute Gasteiger partial charge is 0.254 e. The molecule has 1 amide bonds. The molecule has 1 fully saturated rings. The molecule has 0 aliphatic carbocycles. The number of fused-ring (bicyclic) bond motifs is 1. The van der Waals surface area contributed by atoms with E-state index in [2.05, 4.69) is 13.8 Å². The van der Waals surface area contributed by atoms with Crippen LogP contribution in [0.4, 0.5) is 0 Å². The molecule has 8 heteroatoms. The van der Waals surface area contributed by atoms with Crippen molar-refractivity contribution in [2.75, 3.05) is 24.6 Å². The van der Waals surface area contributed by atoms with Crippen molar-refractivity contribution in [1.82, 2.24) is 19.7 Å². The summed E-state index contributed by atoms with van der Waals surface area (Å²) in [5.74, 6) is 0.208. The van der Waals surface area contributed by atoms with Gasteiger partial charge in [-0.15, -0.1) is 0 Å². The highest BCUT2D eigenvalue weighted by Gasteiger charge is 2.33. The predicted octanol–water partition coefficient (Wildman–Crippen LogP) is 5.12. The first-order valence-corrected chi connectivity index (χ1v) is 14.5. The molecular formula is C27H36N4O3S. The number of rotatable bonds is 9. The van der Waals surface area contributed by atoms with Crippen LogP contribution in [0.5, 0.6) is 0 Å². The van der Waals surface area contributed by atoms with Gasteiger partial charge < -0.3 is 4.90 Å². The average Bonchev–Trinajstić information content (AvgIpc) is 3.37. The van der Waals surface area contributed by atoms with Gasteiger partial charge in [0.15, 0.2) is 15.5 Å². The topological polar surface area (TPSA) is 85.2 Å². The summed E-state index contributed by atoms with van der Waals surface area (Å²) in [6.07, 6.45) is 4.45. The number of sulfone groups is 1. The zero-order valence-electron chi connectivity index (χ0n) is 21.2. The maximum absolute atomic E-state index is 14.0. The number of benzene rings is 1. The second-order valence-corrected chi connectivity index (χ2v) is 11.9. The van der Waals surface area contributed by atoms with Crippen molar-refractivity contribution in [3.8, 4) is 11.3 Å². The van der Waals surface area contributed by atoms with Crippen LogP contribution in [-0.2, 0) is 9.84 Å². The zero-order valence-corrected chi connectivity index (χ0v) is 22.1. The minimum Gasteiger partial charge on any atom is -0.339 e. The molecule has 2 aromatic heterocycles. The van der Waals surface area contributed by atoms with Gasteiger partial charge in [0.25, 0.3) is 5.91 Å². The Morgan fingerprint density at radius 1 is 1.09 bits per heavy atom. The lowest BCUT2D eigenvalue weighted by Gasteiger charge is -2.23. The number of hydrogen-bond acceptors (Lipinski definition) is 5. The first-order valence-electron chi connectivity index (χ1n) is 12.7. The summed E-state index contributed by atoms with van der Waals surface area (Å²) in [5.41, 5.74) is 4.67. The van der Waals surface area contributed by atoms with Crippen molar-refractivity contribution in [2.45, 2.75) is 65.8 Å². The summed E-state index contributed by atoms with van der Waals surface area (Å²) < 4.78 is 26.2. The third-order valence-corrected chi connectivity index (χ3v) is 8.57. The largest absolute Gasteiger partial charge is 0.339 e. The van der Waals surface area contributed by atoms with Gasteiger partial charge in [0.1, 0.15) is 0 Å². The van der Waals surface area contributed by atoms with E-state index in [9.17, 15) is 13.2 Å². The van der Waals surface area contributed by atoms with E-state index < -0.39 is 9.84 Å². The van der Waals surface area contributed by atoms with Crippen molar-refractivity contribution in [3.63, 3.8) is 0 Å². The van der Waals surface area contributed by atoms with Crippen LogP contribution >= 0.6 is 0 Å². The van der Waals surface area contributed by atoms with Crippen LogP contribution < -0.4 is 0 Å². The molecule has 7 nitrogen and oxygen atoms in total. The molecule has 3 aromatic rings. The van der Waals surface area contributed by atoms with E-state index in [4.69, 9.17) is 10.1 Å². The van der Waals surface area contributed by atoms with E-state index in [0.717, 1.165) is 42.2 Å². The Morgan fingerprint density at radius 2 is 1.74 bits per heavy atom. The molecule has 0 bridgehead atoms. The number of unbranched alkanes of at least 4 members (excludes halogenated alkanes) is 2. The third-order valence-electron chi connectivity index (χ3n) is 6.82. The highest BCUT2D eigenvalue weighted by Crippen LogP contribution is 2.32. The molecule has 1 unspecified atom stereocenters. The fraction of sp³-hybridized carbons (Fsp3) is 0.519. The number of nitrogens with zero attached hydrogens (tertiary/aromatic N) is 4. The summed E-state index contributed by atoms with van der Waals surface area (Å²) in [6, 6.07) is 9.71. The number of aryl methyl sites for hydroxylation is 2. The van der Waals surface area contributed by atoms with Gasteiger partial charge in [-0.2, -0.15) is 5.10 Å². The Kier molecular flexibility index (Phi) is 7.59. The number of amides is 1. The van der Waals surface area contributed by atoms with Gasteiger partial charge in [0, 0.05) is 18.7 Å². The first-order chi connectivity index (χ1) is 16.7. The summed E-state index contributed by atoms with van der Waals surface area (Å²) in [4.78, 5) is 20.9. The molecule has 1 aliphatic heterocycles. The summed E-state index contributed by atoms with van der Waals surface area (Å²) in [7, 11) is -3.09. The second-order valence-electron chi connectivity index (χ2n) is 9.71. The standard InChI is InChI=1S/C27H36N4O3S/c1-5-7-14-30(15-8-6-2)27(32)23-17-24(21-11-9-19(3)10-12-21)28-26-25(23)20(4)29-31(26)22-13-16-35(33,34)18-22/h9-12,17,22H,5-8,13-16,18H2,1-4H3. The van der Waals surface area contributed by atoms with Crippen molar-refractivity contribution in [1.29, 1.82) is 0 Å². The highest BCUT2D eigenvalue weighted by atomic mass is 32.2. The maximum atomic E-state index is 14.0. The van der Waals surface area contributed by atoms with E-state index in [1.54, 1.807) is 4.68 Å². The number of carbonyl (C=O) groups is 1. The Balaban J connectivity index is 1.89. The van der Waals surface area contributed by atoms with E-state index in [0.29, 0.717) is 42.1 Å². The Bertz CT molecular complexity index is 1300. The molecule has 0 N–H and O–H groups in total. The number of hydrogen-bond donors (Lipinski definition) is 0. The zero-order chi connectivity index (χ0) is 25.2. The quantitative estimate of drug-likeness (QED) is 0.411. The molecule has 188 valence electrons. The highest BCUT2D eigenvalue weighted by molar-refractivity contribution is 7.91. The van der Waals surface area contributed by atoms with Gasteiger partial charge in [0.2, 0.25) is 0 Å². The van der Waals surface area contributed by atoms with Gasteiger partial charge in [-0.1, -0.05) is 56.5 Å². The number of pyridine rings is 1. The molecule has 1 aromatic carbocycles. The van der Waals surface area contributed by atoms with Crippen molar-refractivity contribution >= 4 is 26.8 Å². The molecule has 35 heavy (non-hydrogen) atoms. The lowest BCUT2D eigenvalue weighted by molar-refractivity contribution is 0.0753. The van der Waals surface area contributed by atoms with Gasteiger partial charge >= 0.3 is 0 Å². The monoisotopic (exact) mass is 496 g/mol. The van der Waals surface area contributed by atoms with E-state index in [-0.39, 0.29) is 23.5 Å². The second kappa shape index (κ2) is 10.5. The predicted molar refractivity (Wildman–Crippen MR) is 140 cm³/mol. The van der Waals surface area contributed by atoms with Gasteiger partial charge in [-0.05, 0) is 39.2 Å². The van der Waals surface area contributed by atoms with Crippen molar-refractivity contribution in [3.05, 3.63) is 47.2 Å². The fourth-order valence-corrected chi connectivity index (χ4v) is 6.45. The molecule has 1 saturated heterocycles. The molecule has 4 rings (SSSR count). The molecular weight excluding hydrogens is 460 g/mol. The molecule has 1 aliphatic rings. The van der Waals surface area contributed by atoms with Crippen LogP contribution in [0.15, 0.2) is 30.3 Å². The van der Waals surface area contributed by atoms with E-state index in [1.807, 2.05) is 49.1 Å². The van der Waals surface area contributed by atoms with Crippen LogP contribution in [0.3, 0.4) is 0 Å². The van der Waals surface area contributed by atoms with Gasteiger partial charge in [-0.3, -0.25) is 4.79 Å². The van der Waals surface area contributed by atoms with Crippen LogP contribution in [0.25, 0.3) is 22.3 Å². The van der Waals surface area contributed by atoms with Crippen LogP contribution in [0.1, 0.15) is 73.6 Å². The minimum absolute atomic E-state index is 0.00523. The summed E-state index contributed by atoms with van der Waals surface area (Å²) in [6.45, 7) is 9.61. The van der Waals surface area contributed by atoms with E-state index >= 15 is 0 Å². The fourth-order valence-electron chi connectivity index (χ4n) is 4.76. The summed E-state index contributed by atoms with van der Waals surface area (Å²) >= 11 is 0. The average molecular weight is 497 g/mol. The number of aromatic nitrogens is 3. The number of carbonyl (C=O) groups excluding carboxylic acids is 1. The molecule has 1 atom stereocenters. The maximum Gasteiger partial charge on any atom is 0.254 e. The van der Waals surface area contributed by atoms with Crippen molar-refractivity contribution in [2.24, 2.45) is 0 Å². The van der Waals surface area contributed by atoms with Crippen LogP contribution in [0.2, 0.25) is 0 Å². The normalized spacial score (nSPS) is 17.2. The molecule has 0 saturated carbocycles. The molecule has 0 radical (unpaired) electrons. The van der Waals surface area contributed by atoms with Gasteiger partial charge in [0.05, 0.1) is 39.9 Å². The third kappa shape index (κ3) is 5.42. The molecule has 0 spiro atoms. The minimum atomic E-state index is -3.09. The van der Waals surface area contributed by atoms with Crippen LogP contribution in [-0.4, -0.2) is 58.6 Å². The van der Waals surface area contributed by atoms with E-state index in [1.165, 1.54) is 0 Å². The van der Waals surface area contributed by atoms with Crippen LogP contribution in [0, 0.1) is 13.8 Å². The Labute approximate surface area is 208 Å². The SMILES string of the molecule is CCCCN(CCCC)C(=O)c1cc(-c2ccc(C)cc2)nc2c1c(C)nn2C1CCS(=O)(=O)C1. The first kappa shape index (κ1) is 25.4. The Hall–Kier alpha value is -2.74. The van der Waals surface area contributed by atoms with Crippen molar-refractivity contribution < 1.29 is 13.2 Å². The summed E-state index contributed by atoms with van der Waals surface area (Å²) in [5, 5.41) is 5.46. The van der Waals surface area contributed by atoms with Gasteiger partial charge in [-0.25, -0.2) is 18.1 Å². The Morgan fingerprint density at radius 3 is 2.31 bits per heavy atom.